The average molecular weight is 326 g/mol. The highest BCUT2D eigenvalue weighted by Crippen LogP contribution is 2.24. The second-order valence-electron chi connectivity index (χ2n) is 5.00. The lowest BCUT2D eigenvalue weighted by atomic mass is 10.1. The fourth-order valence-corrected chi connectivity index (χ4v) is 4.59. The summed E-state index contributed by atoms with van der Waals surface area (Å²) in [5, 5.41) is 1.38. The molecule has 2 atom stereocenters. The van der Waals surface area contributed by atoms with Crippen LogP contribution < -0.4 is 10.5 Å². The highest BCUT2D eigenvalue weighted by Gasteiger charge is 2.20. The Bertz CT molecular complexity index is 788. The minimum atomic E-state index is -3.67. The predicted octanol–water partition coefficient (Wildman–Crippen LogP) is 1.47. The van der Waals surface area contributed by atoms with Crippen LogP contribution in [0.1, 0.15) is 6.92 Å². The van der Waals surface area contributed by atoms with Gasteiger partial charge in [0.15, 0.2) is 0 Å². The van der Waals surface area contributed by atoms with Crippen LogP contribution in [0.4, 0.5) is 5.69 Å². The van der Waals surface area contributed by atoms with Gasteiger partial charge >= 0.3 is 0 Å². The Hall–Kier alpha value is -1.44. The lowest BCUT2D eigenvalue weighted by Gasteiger charge is -2.14. The Kier molecular flexibility index (Phi) is 4.65. The van der Waals surface area contributed by atoms with Gasteiger partial charge in [0.05, 0.1) is 4.90 Å². The minimum Gasteiger partial charge on any atom is -0.399 e. The van der Waals surface area contributed by atoms with Gasteiger partial charge in [0.2, 0.25) is 10.0 Å². The summed E-state index contributed by atoms with van der Waals surface area (Å²) in [7, 11) is -4.73. The van der Waals surface area contributed by atoms with Gasteiger partial charge < -0.3 is 5.73 Å². The molecule has 0 aliphatic carbocycles. The summed E-state index contributed by atoms with van der Waals surface area (Å²) in [5.74, 6) is 0.275. The van der Waals surface area contributed by atoms with Crippen LogP contribution in [0.2, 0.25) is 0 Å². The molecule has 0 aromatic heterocycles. The molecule has 3 N–H and O–H groups in total. The molecule has 0 spiro atoms. The second-order valence-corrected chi connectivity index (χ2v) is 8.16. The first-order chi connectivity index (χ1) is 9.79. The molecular formula is C14H18N2O3S2. The van der Waals surface area contributed by atoms with Gasteiger partial charge in [-0.1, -0.05) is 18.2 Å². The van der Waals surface area contributed by atoms with Gasteiger partial charge in [-0.25, -0.2) is 13.1 Å². The third kappa shape index (κ3) is 3.81. The third-order valence-corrected chi connectivity index (χ3v) is 5.61. The van der Waals surface area contributed by atoms with Crippen molar-refractivity contribution >= 4 is 37.3 Å². The predicted molar refractivity (Wildman–Crippen MR) is 87.1 cm³/mol. The van der Waals surface area contributed by atoms with E-state index >= 15 is 0 Å². The zero-order valence-corrected chi connectivity index (χ0v) is 13.5. The molecule has 2 aromatic carbocycles. The highest BCUT2D eigenvalue weighted by atomic mass is 32.2. The summed E-state index contributed by atoms with van der Waals surface area (Å²) in [6, 6.07) is 9.75. The summed E-state index contributed by atoms with van der Waals surface area (Å²) < 4.78 is 38.7. The maximum atomic E-state index is 12.5. The van der Waals surface area contributed by atoms with Gasteiger partial charge in [-0.15, -0.1) is 0 Å². The molecule has 0 bridgehead atoms. The number of sulfonamides is 1. The lowest BCUT2D eigenvalue weighted by Crippen LogP contribution is -2.36. The van der Waals surface area contributed by atoms with Crippen LogP contribution in [0.5, 0.6) is 0 Å². The SMILES string of the molecule is CC(CS(C)=O)NS(=O)(=O)c1cccc2cc(N)ccc12. The van der Waals surface area contributed by atoms with Crippen molar-refractivity contribution in [1.82, 2.24) is 4.72 Å². The molecule has 2 aromatic rings. The molecule has 114 valence electrons. The summed E-state index contributed by atoms with van der Waals surface area (Å²) >= 11 is 0. The Morgan fingerprint density at radius 3 is 2.67 bits per heavy atom. The Morgan fingerprint density at radius 1 is 1.29 bits per heavy atom. The van der Waals surface area contributed by atoms with E-state index in [1.807, 2.05) is 6.07 Å². The van der Waals surface area contributed by atoms with E-state index in [4.69, 9.17) is 5.73 Å². The summed E-state index contributed by atoms with van der Waals surface area (Å²) in [5.41, 5.74) is 6.30. The second kappa shape index (κ2) is 6.13. The number of fused-ring (bicyclic) bond motifs is 1. The normalized spacial score (nSPS) is 15.0. The molecule has 0 fully saturated rings. The van der Waals surface area contributed by atoms with Crippen LogP contribution in [0.25, 0.3) is 10.8 Å². The van der Waals surface area contributed by atoms with Crippen molar-refractivity contribution in [2.24, 2.45) is 0 Å². The monoisotopic (exact) mass is 326 g/mol. The molecule has 5 nitrogen and oxygen atoms in total. The van der Waals surface area contributed by atoms with E-state index in [-0.39, 0.29) is 10.6 Å². The van der Waals surface area contributed by atoms with Crippen LogP contribution in [0.15, 0.2) is 41.3 Å². The molecule has 0 aliphatic heterocycles. The molecule has 2 unspecified atom stereocenters. The first kappa shape index (κ1) is 15.9. The van der Waals surface area contributed by atoms with Crippen molar-refractivity contribution < 1.29 is 12.6 Å². The van der Waals surface area contributed by atoms with Crippen LogP contribution in [-0.4, -0.2) is 30.7 Å². The first-order valence-electron chi connectivity index (χ1n) is 6.40. The fraction of sp³-hybridized carbons (Fsp3) is 0.286. The Labute approximate surface area is 127 Å². The number of hydrogen-bond donors (Lipinski definition) is 2. The number of anilines is 1. The van der Waals surface area contributed by atoms with E-state index in [0.717, 1.165) is 5.39 Å². The van der Waals surface area contributed by atoms with Crippen molar-refractivity contribution in [3.8, 4) is 0 Å². The summed E-state index contributed by atoms with van der Waals surface area (Å²) in [4.78, 5) is 0.203. The van der Waals surface area contributed by atoms with Gasteiger partial charge in [0, 0.05) is 39.9 Å². The molecule has 0 aliphatic rings. The smallest absolute Gasteiger partial charge is 0.241 e. The summed E-state index contributed by atoms with van der Waals surface area (Å²) in [6.45, 7) is 1.70. The van der Waals surface area contributed by atoms with Crippen molar-refractivity contribution in [2.45, 2.75) is 17.9 Å². The number of benzene rings is 2. The number of nitrogen functional groups attached to an aromatic ring is 1. The van der Waals surface area contributed by atoms with E-state index in [0.29, 0.717) is 11.1 Å². The van der Waals surface area contributed by atoms with Crippen molar-refractivity contribution in [2.75, 3.05) is 17.7 Å². The van der Waals surface area contributed by atoms with Gasteiger partial charge in [0.1, 0.15) is 0 Å². The quantitative estimate of drug-likeness (QED) is 0.814. The van der Waals surface area contributed by atoms with Gasteiger partial charge in [-0.2, -0.15) is 0 Å². The Balaban J connectivity index is 2.43. The van der Waals surface area contributed by atoms with Crippen molar-refractivity contribution in [1.29, 1.82) is 0 Å². The zero-order valence-electron chi connectivity index (χ0n) is 11.9. The molecule has 0 amide bonds. The van der Waals surface area contributed by atoms with Gasteiger partial charge in [-0.3, -0.25) is 4.21 Å². The molecule has 0 saturated carbocycles. The van der Waals surface area contributed by atoms with Crippen molar-refractivity contribution in [3.63, 3.8) is 0 Å². The number of hydrogen-bond acceptors (Lipinski definition) is 4. The van der Waals surface area contributed by atoms with E-state index < -0.39 is 26.9 Å². The van der Waals surface area contributed by atoms with Gasteiger partial charge in [-0.05, 0) is 30.5 Å². The average Bonchev–Trinajstić information content (AvgIpc) is 2.35. The number of nitrogens with one attached hydrogen (secondary N) is 1. The largest absolute Gasteiger partial charge is 0.399 e. The fourth-order valence-electron chi connectivity index (χ4n) is 2.22. The molecule has 2 rings (SSSR count). The number of rotatable bonds is 5. The van der Waals surface area contributed by atoms with Crippen LogP contribution in [-0.2, 0) is 20.8 Å². The minimum absolute atomic E-state index is 0.203. The van der Waals surface area contributed by atoms with E-state index in [1.165, 1.54) is 0 Å². The van der Waals surface area contributed by atoms with E-state index in [9.17, 15) is 12.6 Å². The standard InChI is InChI=1S/C14H18N2O3S2/c1-10(9-20(2)17)16-21(18,19)14-5-3-4-11-8-12(15)6-7-13(11)14/h3-8,10,16H,9,15H2,1-2H3. The van der Waals surface area contributed by atoms with Crippen LogP contribution >= 0.6 is 0 Å². The topological polar surface area (TPSA) is 89.3 Å². The lowest BCUT2D eigenvalue weighted by molar-refractivity contribution is 0.571. The third-order valence-electron chi connectivity index (χ3n) is 3.00. The Morgan fingerprint density at radius 2 is 2.00 bits per heavy atom. The molecule has 0 heterocycles. The highest BCUT2D eigenvalue weighted by molar-refractivity contribution is 7.90. The molecular weight excluding hydrogens is 308 g/mol. The van der Waals surface area contributed by atoms with Gasteiger partial charge in [0.25, 0.3) is 0 Å². The van der Waals surface area contributed by atoms with Crippen LogP contribution in [0.3, 0.4) is 0 Å². The molecule has 7 heteroatoms. The zero-order chi connectivity index (χ0) is 15.6. The maximum absolute atomic E-state index is 12.5. The van der Waals surface area contributed by atoms with Crippen LogP contribution in [0, 0.1) is 0 Å². The first-order valence-corrected chi connectivity index (χ1v) is 9.61. The molecule has 0 saturated heterocycles. The molecule has 21 heavy (non-hydrogen) atoms. The van der Waals surface area contributed by atoms with E-state index in [1.54, 1.807) is 43.5 Å². The maximum Gasteiger partial charge on any atom is 0.241 e. The van der Waals surface area contributed by atoms with Crippen molar-refractivity contribution in [3.05, 3.63) is 36.4 Å². The van der Waals surface area contributed by atoms with E-state index in [2.05, 4.69) is 4.72 Å². The molecule has 0 radical (unpaired) electrons. The summed E-state index contributed by atoms with van der Waals surface area (Å²) in [6.07, 6.45) is 1.55. The number of nitrogens with two attached hydrogens (primary N) is 1.